The van der Waals surface area contributed by atoms with Crippen molar-refractivity contribution in [2.24, 2.45) is 5.73 Å². The van der Waals surface area contributed by atoms with Gasteiger partial charge in [-0.05, 0) is 34.1 Å². The summed E-state index contributed by atoms with van der Waals surface area (Å²) >= 11 is 3.25. The van der Waals surface area contributed by atoms with E-state index in [4.69, 9.17) is 15.0 Å². The summed E-state index contributed by atoms with van der Waals surface area (Å²) in [4.78, 5) is 4.15. The standard InChI is InChI=1S/C11H11BrFN3O2/c12-9-5-7(13)1-2-8(9)11-15-10(18-16-11)6-17-4-3-14/h1-2,5H,3-4,6,14H2. The third-order valence-corrected chi connectivity index (χ3v) is 2.78. The molecule has 0 spiro atoms. The van der Waals surface area contributed by atoms with Crippen LogP contribution < -0.4 is 5.73 Å². The maximum absolute atomic E-state index is 12.9. The van der Waals surface area contributed by atoms with Crippen molar-refractivity contribution >= 4 is 15.9 Å². The van der Waals surface area contributed by atoms with Crippen molar-refractivity contribution in [3.63, 3.8) is 0 Å². The molecule has 0 atom stereocenters. The quantitative estimate of drug-likeness (QED) is 0.855. The second kappa shape index (κ2) is 6.03. The zero-order chi connectivity index (χ0) is 13.0. The van der Waals surface area contributed by atoms with Crippen molar-refractivity contribution in [1.29, 1.82) is 0 Å². The minimum Gasteiger partial charge on any atom is -0.370 e. The van der Waals surface area contributed by atoms with Gasteiger partial charge in [-0.1, -0.05) is 5.16 Å². The molecule has 0 aliphatic heterocycles. The zero-order valence-electron chi connectivity index (χ0n) is 9.40. The highest BCUT2D eigenvalue weighted by molar-refractivity contribution is 9.10. The lowest BCUT2D eigenvalue weighted by molar-refractivity contribution is 0.104. The molecule has 0 aliphatic carbocycles. The van der Waals surface area contributed by atoms with Gasteiger partial charge in [0.2, 0.25) is 5.82 Å². The van der Waals surface area contributed by atoms with E-state index >= 15 is 0 Å². The SMILES string of the molecule is NCCOCc1nc(-c2ccc(F)cc2Br)no1. The van der Waals surface area contributed by atoms with Gasteiger partial charge in [0.25, 0.3) is 5.89 Å². The van der Waals surface area contributed by atoms with Crippen LogP contribution in [0, 0.1) is 5.82 Å². The third kappa shape index (κ3) is 3.12. The predicted molar refractivity (Wildman–Crippen MR) is 66.1 cm³/mol. The third-order valence-electron chi connectivity index (χ3n) is 2.13. The smallest absolute Gasteiger partial charge is 0.252 e. The van der Waals surface area contributed by atoms with E-state index in [1.807, 2.05) is 0 Å². The number of halogens is 2. The molecule has 5 nitrogen and oxygen atoms in total. The van der Waals surface area contributed by atoms with Gasteiger partial charge >= 0.3 is 0 Å². The predicted octanol–water partition coefficient (Wildman–Crippen LogP) is 2.11. The molecule has 7 heteroatoms. The van der Waals surface area contributed by atoms with Crippen molar-refractivity contribution in [2.75, 3.05) is 13.2 Å². The summed E-state index contributed by atoms with van der Waals surface area (Å²) in [5, 5.41) is 3.81. The summed E-state index contributed by atoms with van der Waals surface area (Å²) < 4.78 is 23.7. The summed E-state index contributed by atoms with van der Waals surface area (Å²) in [7, 11) is 0. The van der Waals surface area contributed by atoms with E-state index in [0.29, 0.717) is 34.9 Å². The fourth-order valence-corrected chi connectivity index (χ4v) is 1.86. The Morgan fingerprint density at radius 2 is 2.28 bits per heavy atom. The molecule has 0 aliphatic rings. The Bertz CT molecular complexity index is 533. The average Bonchev–Trinajstić information content (AvgIpc) is 2.78. The summed E-state index contributed by atoms with van der Waals surface area (Å²) in [6.07, 6.45) is 0. The van der Waals surface area contributed by atoms with E-state index in [9.17, 15) is 4.39 Å². The van der Waals surface area contributed by atoms with Crippen molar-refractivity contribution in [2.45, 2.75) is 6.61 Å². The second-order valence-corrected chi connectivity index (χ2v) is 4.33. The maximum Gasteiger partial charge on any atom is 0.252 e. The highest BCUT2D eigenvalue weighted by atomic mass is 79.9. The van der Waals surface area contributed by atoms with Crippen LogP contribution in [0.4, 0.5) is 4.39 Å². The van der Waals surface area contributed by atoms with Crippen LogP contribution in [-0.4, -0.2) is 23.3 Å². The van der Waals surface area contributed by atoms with Crippen LogP contribution in [-0.2, 0) is 11.3 Å². The Labute approximate surface area is 111 Å². The first kappa shape index (κ1) is 13.1. The first-order valence-corrected chi connectivity index (χ1v) is 6.06. The van der Waals surface area contributed by atoms with Crippen LogP contribution >= 0.6 is 15.9 Å². The lowest BCUT2D eigenvalue weighted by Crippen LogP contribution is -2.08. The molecule has 0 fully saturated rings. The van der Waals surface area contributed by atoms with Gasteiger partial charge in [0, 0.05) is 16.6 Å². The topological polar surface area (TPSA) is 74.2 Å². The van der Waals surface area contributed by atoms with Crippen LogP contribution in [0.25, 0.3) is 11.4 Å². The number of ether oxygens (including phenoxy) is 1. The fraction of sp³-hybridized carbons (Fsp3) is 0.273. The number of hydrogen-bond acceptors (Lipinski definition) is 5. The number of hydrogen-bond donors (Lipinski definition) is 1. The number of nitrogens with zero attached hydrogens (tertiary/aromatic N) is 2. The van der Waals surface area contributed by atoms with Crippen LogP contribution in [0.3, 0.4) is 0 Å². The first-order chi connectivity index (χ1) is 8.70. The van der Waals surface area contributed by atoms with Crippen molar-refractivity contribution in [1.82, 2.24) is 10.1 Å². The average molecular weight is 316 g/mol. The van der Waals surface area contributed by atoms with Gasteiger partial charge in [-0.15, -0.1) is 0 Å². The molecule has 18 heavy (non-hydrogen) atoms. The molecule has 0 bridgehead atoms. The molecule has 96 valence electrons. The second-order valence-electron chi connectivity index (χ2n) is 3.48. The normalized spacial score (nSPS) is 10.8. The molecule has 1 aromatic carbocycles. The number of rotatable bonds is 5. The molecule has 2 N–H and O–H groups in total. The first-order valence-electron chi connectivity index (χ1n) is 5.26. The maximum atomic E-state index is 12.9. The molecule has 2 rings (SSSR count). The van der Waals surface area contributed by atoms with Gasteiger partial charge in [-0.3, -0.25) is 0 Å². The molecule has 1 heterocycles. The molecule has 1 aromatic heterocycles. The van der Waals surface area contributed by atoms with Gasteiger partial charge in [-0.25, -0.2) is 4.39 Å². The Hall–Kier alpha value is -1.31. The van der Waals surface area contributed by atoms with Crippen molar-refractivity contribution in [3.05, 3.63) is 34.4 Å². The molecule has 2 aromatic rings. The fourth-order valence-electron chi connectivity index (χ4n) is 1.34. The van der Waals surface area contributed by atoms with E-state index in [0.717, 1.165) is 0 Å². The molecular weight excluding hydrogens is 305 g/mol. The zero-order valence-corrected chi connectivity index (χ0v) is 11.0. The lowest BCUT2D eigenvalue weighted by Gasteiger charge is -1.98. The van der Waals surface area contributed by atoms with E-state index in [-0.39, 0.29) is 12.4 Å². The van der Waals surface area contributed by atoms with Gasteiger partial charge in [0.1, 0.15) is 12.4 Å². The summed E-state index contributed by atoms with van der Waals surface area (Å²) in [6.45, 7) is 1.07. The number of nitrogens with two attached hydrogens (primary N) is 1. The highest BCUT2D eigenvalue weighted by Crippen LogP contribution is 2.26. The molecule has 0 unspecified atom stereocenters. The van der Waals surface area contributed by atoms with Crippen molar-refractivity contribution in [3.8, 4) is 11.4 Å². The van der Waals surface area contributed by atoms with Crippen LogP contribution in [0.15, 0.2) is 27.2 Å². The van der Waals surface area contributed by atoms with Crippen LogP contribution in [0.1, 0.15) is 5.89 Å². The van der Waals surface area contributed by atoms with E-state index < -0.39 is 0 Å². The molecule has 0 amide bonds. The Morgan fingerprint density at radius 3 is 3.00 bits per heavy atom. The largest absolute Gasteiger partial charge is 0.370 e. The minimum absolute atomic E-state index is 0.211. The van der Waals surface area contributed by atoms with Gasteiger partial charge < -0.3 is 15.0 Å². The molecular formula is C11H11BrFN3O2. The van der Waals surface area contributed by atoms with Gasteiger partial charge in [0.05, 0.1) is 6.61 Å². The van der Waals surface area contributed by atoms with Crippen LogP contribution in [0.2, 0.25) is 0 Å². The molecule has 0 radical (unpaired) electrons. The Kier molecular flexibility index (Phi) is 4.40. The van der Waals surface area contributed by atoms with E-state index in [2.05, 4.69) is 26.1 Å². The number of aromatic nitrogens is 2. The van der Waals surface area contributed by atoms with E-state index in [1.54, 1.807) is 6.07 Å². The summed E-state index contributed by atoms with van der Waals surface area (Å²) in [5.74, 6) is 0.406. The van der Waals surface area contributed by atoms with Gasteiger partial charge in [-0.2, -0.15) is 4.98 Å². The highest BCUT2D eigenvalue weighted by Gasteiger charge is 2.12. The summed E-state index contributed by atoms with van der Waals surface area (Å²) in [5.41, 5.74) is 5.95. The lowest BCUT2D eigenvalue weighted by atomic mass is 10.2. The Balaban J connectivity index is 2.13. The minimum atomic E-state index is -0.333. The van der Waals surface area contributed by atoms with E-state index in [1.165, 1.54) is 12.1 Å². The van der Waals surface area contributed by atoms with Gasteiger partial charge in [0.15, 0.2) is 0 Å². The number of benzene rings is 1. The molecule has 0 saturated heterocycles. The van der Waals surface area contributed by atoms with Crippen molar-refractivity contribution < 1.29 is 13.7 Å². The summed E-state index contributed by atoms with van der Waals surface area (Å²) in [6, 6.07) is 4.26. The monoisotopic (exact) mass is 315 g/mol. The molecule has 0 saturated carbocycles. The Morgan fingerprint density at radius 1 is 1.44 bits per heavy atom. The van der Waals surface area contributed by atoms with Crippen LogP contribution in [0.5, 0.6) is 0 Å².